The Hall–Kier alpha value is -3.83. The van der Waals surface area contributed by atoms with E-state index >= 15 is 0 Å². The molecule has 1 N–H and O–H groups in total. The summed E-state index contributed by atoms with van der Waals surface area (Å²) in [6.45, 7) is 5.73. The monoisotopic (exact) mass is 502 g/mol. The van der Waals surface area contributed by atoms with Gasteiger partial charge in [0.25, 0.3) is 0 Å². The highest BCUT2D eigenvalue weighted by Crippen LogP contribution is 2.29. The molecule has 0 bridgehead atoms. The molecule has 5 heteroatoms. The molecule has 37 heavy (non-hydrogen) atoms. The summed E-state index contributed by atoms with van der Waals surface area (Å²) in [5.74, 6) is -1.64. The van der Waals surface area contributed by atoms with Crippen molar-refractivity contribution in [2.24, 2.45) is 0 Å². The molecule has 2 nitrogen and oxygen atoms in total. The van der Waals surface area contributed by atoms with E-state index in [9.17, 15) is 18.3 Å². The fourth-order valence-electron chi connectivity index (χ4n) is 4.16. The summed E-state index contributed by atoms with van der Waals surface area (Å²) < 4.78 is 49.8. The second-order valence-corrected chi connectivity index (χ2v) is 8.96. The van der Waals surface area contributed by atoms with Gasteiger partial charge in [-0.05, 0) is 66.1 Å². The molecule has 4 rings (SSSR count). The molecule has 0 spiro atoms. The van der Waals surface area contributed by atoms with Crippen LogP contribution in [0.1, 0.15) is 36.1 Å². The van der Waals surface area contributed by atoms with E-state index in [1.165, 1.54) is 6.07 Å². The highest BCUT2D eigenvalue weighted by atomic mass is 19.2. The molecule has 4 aromatic rings. The Kier molecular flexibility index (Phi) is 8.47. The third-order valence-corrected chi connectivity index (χ3v) is 6.35. The number of benzene rings is 4. The van der Waals surface area contributed by atoms with Gasteiger partial charge in [-0.25, -0.2) is 13.2 Å². The summed E-state index contributed by atoms with van der Waals surface area (Å²) in [6, 6.07) is 22.1. The van der Waals surface area contributed by atoms with Crippen LogP contribution in [0.25, 0.3) is 22.3 Å². The van der Waals surface area contributed by atoms with E-state index in [4.69, 9.17) is 4.74 Å². The van der Waals surface area contributed by atoms with Crippen molar-refractivity contribution in [2.75, 3.05) is 6.61 Å². The minimum atomic E-state index is -0.884. The van der Waals surface area contributed by atoms with Crippen LogP contribution in [-0.2, 0) is 12.8 Å². The van der Waals surface area contributed by atoms with Gasteiger partial charge in [-0.1, -0.05) is 66.7 Å². The zero-order valence-electron chi connectivity index (χ0n) is 20.7. The van der Waals surface area contributed by atoms with Crippen molar-refractivity contribution in [1.82, 2.24) is 0 Å². The highest BCUT2D eigenvalue weighted by molar-refractivity contribution is 5.66. The van der Waals surface area contributed by atoms with Crippen molar-refractivity contribution in [1.29, 1.82) is 0 Å². The van der Waals surface area contributed by atoms with Gasteiger partial charge in [0.15, 0.2) is 11.6 Å². The summed E-state index contributed by atoms with van der Waals surface area (Å²) in [4.78, 5) is 0. The van der Waals surface area contributed by atoms with Gasteiger partial charge in [0.1, 0.15) is 11.6 Å². The molecule has 0 aliphatic rings. The fourth-order valence-corrected chi connectivity index (χ4v) is 4.16. The second-order valence-electron chi connectivity index (χ2n) is 8.96. The number of halogens is 3. The molecule has 0 fully saturated rings. The van der Waals surface area contributed by atoms with Crippen LogP contribution in [0.2, 0.25) is 0 Å². The Morgan fingerprint density at radius 3 is 2.11 bits per heavy atom. The molecule has 0 aliphatic carbocycles. The fraction of sp³-hybridized carbons (Fsp3) is 0.188. The normalized spacial score (nSPS) is 11.8. The first-order valence-electron chi connectivity index (χ1n) is 12.2. The van der Waals surface area contributed by atoms with Gasteiger partial charge in [-0.2, -0.15) is 0 Å². The third kappa shape index (κ3) is 6.30. The van der Waals surface area contributed by atoms with Gasteiger partial charge >= 0.3 is 0 Å². The Balaban J connectivity index is 1.42. The van der Waals surface area contributed by atoms with E-state index < -0.39 is 17.7 Å². The molecular formula is C32H29F3O2. The molecular weight excluding hydrogens is 473 g/mol. The maximum atomic E-state index is 14.9. The van der Waals surface area contributed by atoms with E-state index in [2.05, 4.69) is 6.58 Å². The lowest BCUT2D eigenvalue weighted by Gasteiger charge is -2.11. The van der Waals surface area contributed by atoms with Gasteiger partial charge in [0.05, 0.1) is 12.7 Å². The predicted octanol–water partition coefficient (Wildman–Crippen LogP) is 8.23. The van der Waals surface area contributed by atoms with Crippen LogP contribution in [0.3, 0.4) is 0 Å². The minimum Gasteiger partial charge on any atom is -0.493 e. The molecule has 1 unspecified atom stereocenters. The Labute approximate surface area is 215 Å². The standard InChI is InChI=1S/C32H29F3O2/c1-3-4-19-37-27-16-18-28(30(33)20-27)24-8-5-22(6-9-24)7-10-26-15-17-29(32(35)31(26)34)25-13-11-23(12-14-25)21(2)36/h3,5-6,8-9,11-18,20-21,36H,1,4,7,10,19H2,2H3. The predicted molar refractivity (Wildman–Crippen MR) is 142 cm³/mol. The number of hydrogen-bond acceptors (Lipinski definition) is 2. The minimum absolute atomic E-state index is 0.182. The number of hydrogen-bond donors (Lipinski definition) is 1. The SMILES string of the molecule is C=CCCOc1ccc(-c2ccc(CCc3ccc(-c4ccc(C(C)O)cc4)c(F)c3F)cc2)c(F)c1. The van der Waals surface area contributed by atoms with Crippen molar-refractivity contribution >= 4 is 0 Å². The number of rotatable bonds is 10. The molecule has 0 amide bonds. The molecule has 0 aliphatic heterocycles. The second kappa shape index (κ2) is 11.9. The molecule has 0 heterocycles. The van der Waals surface area contributed by atoms with Crippen molar-refractivity contribution in [3.05, 3.63) is 126 Å². The number of ether oxygens (including phenoxy) is 1. The van der Waals surface area contributed by atoms with Crippen LogP contribution in [0.4, 0.5) is 13.2 Å². The van der Waals surface area contributed by atoms with Crippen LogP contribution in [0, 0.1) is 17.5 Å². The van der Waals surface area contributed by atoms with Crippen LogP contribution in [-0.4, -0.2) is 11.7 Å². The first kappa shape index (κ1) is 26.2. The molecule has 4 aromatic carbocycles. The highest BCUT2D eigenvalue weighted by Gasteiger charge is 2.15. The van der Waals surface area contributed by atoms with E-state index in [-0.39, 0.29) is 11.4 Å². The van der Waals surface area contributed by atoms with Gasteiger partial charge in [-0.3, -0.25) is 0 Å². The van der Waals surface area contributed by atoms with Crippen molar-refractivity contribution in [2.45, 2.75) is 32.3 Å². The topological polar surface area (TPSA) is 29.5 Å². The van der Waals surface area contributed by atoms with E-state index in [0.29, 0.717) is 53.9 Å². The molecule has 0 radical (unpaired) electrons. The molecule has 0 saturated heterocycles. The summed E-state index contributed by atoms with van der Waals surface area (Å²) >= 11 is 0. The largest absolute Gasteiger partial charge is 0.493 e. The maximum Gasteiger partial charge on any atom is 0.166 e. The van der Waals surface area contributed by atoms with Crippen molar-refractivity contribution < 1.29 is 23.0 Å². The Morgan fingerprint density at radius 1 is 0.811 bits per heavy atom. The quantitative estimate of drug-likeness (QED) is 0.175. The van der Waals surface area contributed by atoms with Gasteiger partial charge in [0, 0.05) is 17.2 Å². The lowest BCUT2D eigenvalue weighted by atomic mass is 9.97. The maximum absolute atomic E-state index is 14.9. The van der Waals surface area contributed by atoms with Crippen molar-refractivity contribution in [3.63, 3.8) is 0 Å². The van der Waals surface area contributed by atoms with Gasteiger partial charge < -0.3 is 9.84 Å². The summed E-state index contributed by atoms with van der Waals surface area (Å²) in [7, 11) is 0. The van der Waals surface area contributed by atoms with E-state index in [0.717, 1.165) is 11.1 Å². The zero-order valence-corrected chi connectivity index (χ0v) is 20.7. The first-order chi connectivity index (χ1) is 17.9. The summed E-state index contributed by atoms with van der Waals surface area (Å²) in [6.07, 6.45) is 2.64. The Morgan fingerprint density at radius 2 is 1.46 bits per heavy atom. The van der Waals surface area contributed by atoms with Gasteiger partial charge in [0.2, 0.25) is 0 Å². The zero-order chi connectivity index (χ0) is 26.4. The summed E-state index contributed by atoms with van der Waals surface area (Å²) in [5.41, 5.74) is 3.86. The lowest BCUT2D eigenvalue weighted by Crippen LogP contribution is -2.00. The molecule has 0 saturated carbocycles. The van der Waals surface area contributed by atoms with Crippen LogP contribution in [0.5, 0.6) is 5.75 Å². The van der Waals surface area contributed by atoms with E-state index in [1.807, 2.05) is 24.3 Å². The van der Waals surface area contributed by atoms with Crippen molar-refractivity contribution in [3.8, 4) is 28.0 Å². The molecule has 190 valence electrons. The molecule has 1 atom stereocenters. The van der Waals surface area contributed by atoms with Crippen LogP contribution in [0.15, 0.2) is 91.5 Å². The van der Waals surface area contributed by atoms with Crippen LogP contribution >= 0.6 is 0 Å². The average molecular weight is 503 g/mol. The van der Waals surface area contributed by atoms with E-state index in [1.54, 1.807) is 61.5 Å². The number of aliphatic hydroxyl groups is 1. The smallest absolute Gasteiger partial charge is 0.166 e. The van der Waals surface area contributed by atoms with Gasteiger partial charge in [-0.15, -0.1) is 6.58 Å². The molecule has 0 aromatic heterocycles. The Bertz CT molecular complexity index is 1360. The number of aryl methyl sites for hydroxylation is 2. The third-order valence-electron chi connectivity index (χ3n) is 6.35. The summed E-state index contributed by atoms with van der Waals surface area (Å²) in [5, 5.41) is 9.64. The lowest BCUT2D eigenvalue weighted by molar-refractivity contribution is 0.199. The first-order valence-corrected chi connectivity index (χ1v) is 12.2. The van der Waals surface area contributed by atoms with Crippen LogP contribution < -0.4 is 4.74 Å². The number of aliphatic hydroxyl groups excluding tert-OH is 1. The average Bonchev–Trinajstić information content (AvgIpc) is 2.90.